The summed E-state index contributed by atoms with van der Waals surface area (Å²) in [5.74, 6) is 0.722. The molecule has 3 heteroatoms. The number of imidazole rings is 1. The summed E-state index contributed by atoms with van der Waals surface area (Å²) < 4.78 is 2.12. The molecule has 0 fully saturated rings. The van der Waals surface area contributed by atoms with E-state index in [0.717, 1.165) is 35.4 Å². The standard InChI is InChI=1S/C17H18N2O/c1-2-12-19-15-11-7-6-10-14(15)18-17(19)16(20)13-8-4-3-5-9-13/h3-11,16,20H,2,12H2,1H3/t16-/m0/s1. The molecule has 3 nitrogen and oxygen atoms in total. The summed E-state index contributed by atoms with van der Waals surface area (Å²) in [6.45, 7) is 2.99. The van der Waals surface area contributed by atoms with Crippen LogP contribution in [0.25, 0.3) is 11.0 Å². The maximum atomic E-state index is 10.6. The van der Waals surface area contributed by atoms with Crippen molar-refractivity contribution in [3.63, 3.8) is 0 Å². The molecule has 20 heavy (non-hydrogen) atoms. The van der Waals surface area contributed by atoms with Gasteiger partial charge in [-0.3, -0.25) is 0 Å². The molecule has 0 aliphatic rings. The highest BCUT2D eigenvalue weighted by molar-refractivity contribution is 5.76. The van der Waals surface area contributed by atoms with Gasteiger partial charge in [-0.15, -0.1) is 0 Å². The molecular formula is C17H18N2O. The molecule has 3 rings (SSSR count). The molecule has 0 bridgehead atoms. The van der Waals surface area contributed by atoms with Gasteiger partial charge in [-0.25, -0.2) is 4.98 Å². The van der Waals surface area contributed by atoms with Gasteiger partial charge in [0, 0.05) is 6.54 Å². The van der Waals surface area contributed by atoms with Crippen molar-refractivity contribution in [1.82, 2.24) is 9.55 Å². The predicted molar refractivity (Wildman–Crippen MR) is 80.5 cm³/mol. The van der Waals surface area contributed by atoms with Crippen LogP contribution < -0.4 is 0 Å². The van der Waals surface area contributed by atoms with E-state index >= 15 is 0 Å². The minimum atomic E-state index is -0.685. The second-order valence-electron chi connectivity index (χ2n) is 4.92. The van der Waals surface area contributed by atoms with Crippen LogP contribution in [0.5, 0.6) is 0 Å². The van der Waals surface area contributed by atoms with Crippen LogP contribution >= 0.6 is 0 Å². The predicted octanol–water partition coefficient (Wildman–Crippen LogP) is 3.53. The molecule has 2 aromatic carbocycles. The minimum Gasteiger partial charge on any atom is -0.380 e. The van der Waals surface area contributed by atoms with Crippen LogP contribution in [-0.2, 0) is 6.54 Å². The first-order valence-corrected chi connectivity index (χ1v) is 6.99. The SMILES string of the molecule is CCCn1c([C@@H](O)c2ccccc2)nc2ccccc21. The smallest absolute Gasteiger partial charge is 0.143 e. The number of rotatable bonds is 4. The number of aromatic nitrogens is 2. The number of hydrogen-bond acceptors (Lipinski definition) is 2. The molecule has 0 unspecified atom stereocenters. The highest BCUT2D eigenvalue weighted by atomic mass is 16.3. The molecule has 1 aromatic heterocycles. The van der Waals surface area contributed by atoms with Crippen molar-refractivity contribution in [2.24, 2.45) is 0 Å². The topological polar surface area (TPSA) is 38.0 Å². The average Bonchev–Trinajstić information content (AvgIpc) is 2.87. The summed E-state index contributed by atoms with van der Waals surface area (Å²) in [5, 5.41) is 10.6. The zero-order chi connectivity index (χ0) is 13.9. The zero-order valence-electron chi connectivity index (χ0n) is 11.5. The summed E-state index contributed by atoms with van der Waals surface area (Å²) in [6.07, 6.45) is 0.324. The summed E-state index contributed by atoms with van der Waals surface area (Å²) >= 11 is 0. The third-order valence-electron chi connectivity index (χ3n) is 3.49. The van der Waals surface area contributed by atoms with Gasteiger partial charge in [-0.2, -0.15) is 0 Å². The number of nitrogens with zero attached hydrogens (tertiary/aromatic N) is 2. The van der Waals surface area contributed by atoms with Gasteiger partial charge in [0.15, 0.2) is 0 Å². The molecule has 0 spiro atoms. The molecule has 102 valence electrons. The largest absolute Gasteiger partial charge is 0.380 e. The van der Waals surface area contributed by atoms with Crippen molar-refractivity contribution in [3.05, 3.63) is 66.0 Å². The number of hydrogen-bond donors (Lipinski definition) is 1. The summed E-state index contributed by atoms with van der Waals surface area (Å²) in [5.41, 5.74) is 2.89. The molecule has 0 saturated heterocycles. The lowest BCUT2D eigenvalue weighted by Gasteiger charge is -2.13. The first-order chi connectivity index (χ1) is 9.81. The lowest BCUT2D eigenvalue weighted by Crippen LogP contribution is -2.10. The highest BCUT2D eigenvalue weighted by Crippen LogP contribution is 2.25. The first kappa shape index (κ1) is 12.9. The highest BCUT2D eigenvalue weighted by Gasteiger charge is 2.18. The Morgan fingerprint density at radius 2 is 1.75 bits per heavy atom. The Kier molecular flexibility index (Phi) is 3.52. The Labute approximate surface area is 118 Å². The van der Waals surface area contributed by atoms with E-state index in [1.807, 2.05) is 48.5 Å². The Balaban J connectivity index is 2.12. The fourth-order valence-electron chi connectivity index (χ4n) is 2.55. The first-order valence-electron chi connectivity index (χ1n) is 6.99. The van der Waals surface area contributed by atoms with Gasteiger partial charge in [0.05, 0.1) is 11.0 Å². The second-order valence-corrected chi connectivity index (χ2v) is 4.92. The van der Waals surface area contributed by atoms with Crippen LogP contribution in [0.4, 0.5) is 0 Å². The number of aryl methyl sites for hydroxylation is 1. The van der Waals surface area contributed by atoms with Crippen LogP contribution in [0.1, 0.15) is 30.8 Å². The van der Waals surface area contributed by atoms with E-state index in [4.69, 9.17) is 0 Å². The monoisotopic (exact) mass is 266 g/mol. The molecule has 0 radical (unpaired) electrons. The molecule has 1 atom stereocenters. The van der Waals surface area contributed by atoms with Gasteiger partial charge in [0.1, 0.15) is 11.9 Å². The number of fused-ring (bicyclic) bond motifs is 1. The molecule has 0 aliphatic heterocycles. The maximum absolute atomic E-state index is 10.6. The van der Waals surface area contributed by atoms with Crippen LogP contribution in [0, 0.1) is 0 Å². The van der Waals surface area contributed by atoms with Crippen LogP contribution in [0.2, 0.25) is 0 Å². The van der Waals surface area contributed by atoms with Crippen LogP contribution in [0.15, 0.2) is 54.6 Å². The molecular weight excluding hydrogens is 248 g/mol. The molecule has 0 saturated carbocycles. The van der Waals surface area contributed by atoms with Crippen molar-refractivity contribution >= 4 is 11.0 Å². The summed E-state index contributed by atoms with van der Waals surface area (Å²) in [4.78, 5) is 4.62. The average molecular weight is 266 g/mol. The van der Waals surface area contributed by atoms with Gasteiger partial charge in [-0.05, 0) is 24.1 Å². The van der Waals surface area contributed by atoms with Crippen molar-refractivity contribution < 1.29 is 5.11 Å². The summed E-state index contributed by atoms with van der Waals surface area (Å²) in [7, 11) is 0. The van der Waals surface area contributed by atoms with Crippen molar-refractivity contribution in [2.75, 3.05) is 0 Å². The van der Waals surface area contributed by atoms with E-state index in [2.05, 4.69) is 22.5 Å². The second kappa shape index (κ2) is 5.47. The summed E-state index contributed by atoms with van der Waals surface area (Å²) in [6, 6.07) is 17.7. The van der Waals surface area contributed by atoms with Crippen LogP contribution in [-0.4, -0.2) is 14.7 Å². The van der Waals surface area contributed by atoms with E-state index in [1.165, 1.54) is 0 Å². The number of para-hydroxylation sites is 2. The lowest BCUT2D eigenvalue weighted by atomic mass is 10.1. The van der Waals surface area contributed by atoms with Gasteiger partial charge < -0.3 is 9.67 Å². The van der Waals surface area contributed by atoms with E-state index in [1.54, 1.807) is 0 Å². The van der Waals surface area contributed by atoms with Gasteiger partial charge in [0.25, 0.3) is 0 Å². The van der Waals surface area contributed by atoms with Gasteiger partial charge in [0.2, 0.25) is 0 Å². The minimum absolute atomic E-state index is 0.685. The van der Waals surface area contributed by atoms with Crippen LogP contribution in [0.3, 0.4) is 0 Å². The third-order valence-corrected chi connectivity index (χ3v) is 3.49. The number of aliphatic hydroxyl groups excluding tert-OH is 1. The van der Waals surface area contributed by atoms with Gasteiger partial charge >= 0.3 is 0 Å². The molecule has 0 amide bonds. The molecule has 3 aromatic rings. The quantitative estimate of drug-likeness (QED) is 0.784. The molecule has 1 N–H and O–H groups in total. The number of benzene rings is 2. The molecule has 0 aliphatic carbocycles. The zero-order valence-corrected chi connectivity index (χ0v) is 11.5. The lowest BCUT2D eigenvalue weighted by molar-refractivity contribution is 0.205. The maximum Gasteiger partial charge on any atom is 0.143 e. The fourth-order valence-corrected chi connectivity index (χ4v) is 2.55. The normalized spacial score (nSPS) is 12.7. The van der Waals surface area contributed by atoms with Crippen molar-refractivity contribution in [1.29, 1.82) is 0 Å². The van der Waals surface area contributed by atoms with Crippen molar-refractivity contribution in [2.45, 2.75) is 26.0 Å². The van der Waals surface area contributed by atoms with E-state index < -0.39 is 6.10 Å². The van der Waals surface area contributed by atoms with E-state index in [9.17, 15) is 5.11 Å². The Morgan fingerprint density at radius 1 is 1.05 bits per heavy atom. The van der Waals surface area contributed by atoms with Crippen molar-refractivity contribution in [3.8, 4) is 0 Å². The molecule has 1 heterocycles. The third kappa shape index (κ3) is 2.21. The fraction of sp³-hybridized carbons (Fsp3) is 0.235. The Morgan fingerprint density at radius 3 is 2.50 bits per heavy atom. The van der Waals surface area contributed by atoms with E-state index in [-0.39, 0.29) is 0 Å². The Hall–Kier alpha value is -2.13. The Bertz CT molecular complexity index is 703. The van der Waals surface area contributed by atoms with E-state index in [0.29, 0.717) is 0 Å². The number of aliphatic hydroxyl groups is 1. The van der Waals surface area contributed by atoms with Gasteiger partial charge in [-0.1, -0.05) is 49.4 Å².